The Morgan fingerprint density at radius 1 is 1.15 bits per heavy atom. The third kappa shape index (κ3) is 2.27. The minimum Gasteiger partial charge on any atom is -0.478 e. The van der Waals surface area contributed by atoms with Gasteiger partial charge >= 0.3 is 5.97 Å². The summed E-state index contributed by atoms with van der Waals surface area (Å²) in [7, 11) is 0. The summed E-state index contributed by atoms with van der Waals surface area (Å²) < 4.78 is 0. The summed E-state index contributed by atoms with van der Waals surface area (Å²) in [5, 5.41) is 9.08. The molecule has 1 aliphatic heterocycles. The van der Waals surface area contributed by atoms with Crippen LogP contribution < -0.4 is 4.90 Å². The van der Waals surface area contributed by atoms with E-state index in [0.29, 0.717) is 11.5 Å². The predicted molar refractivity (Wildman–Crippen MR) is 79.5 cm³/mol. The van der Waals surface area contributed by atoms with Crippen LogP contribution in [0.3, 0.4) is 0 Å². The van der Waals surface area contributed by atoms with Gasteiger partial charge in [0.25, 0.3) is 0 Å². The Balaban J connectivity index is 1.77. The summed E-state index contributed by atoms with van der Waals surface area (Å²) >= 11 is 0. The van der Waals surface area contributed by atoms with E-state index in [1.807, 2.05) is 19.1 Å². The van der Waals surface area contributed by atoms with Crippen molar-refractivity contribution in [3.63, 3.8) is 0 Å². The van der Waals surface area contributed by atoms with E-state index in [-0.39, 0.29) is 0 Å². The molecular formula is C17H17NO2. The van der Waals surface area contributed by atoms with Crippen LogP contribution in [0.25, 0.3) is 0 Å². The SMILES string of the molecule is Cc1ccc(C(=O)O)cc1N1CC(c2ccccc2)C1. The first kappa shape index (κ1) is 12.7. The Labute approximate surface area is 118 Å². The zero-order valence-electron chi connectivity index (χ0n) is 11.4. The molecule has 0 bridgehead atoms. The van der Waals surface area contributed by atoms with Gasteiger partial charge in [-0.25, -0.2) is 4.79 Å². The van der Waals surface area contributed by atoms with Crippen molar-refractivity contribution in [1.29, 1.82) is 0 Å². The van der Waals surface area contributed by atoms with E-state index in [9.17, 15) is 4.79 Å². The molecule has 0 spiro atoms. The average Bonchev–Trinajstić information content (AvgIpc) is 2.40. The van der Waals surface area contributed by atoms with Crippen LogP contribution in [-0.4, -0.2) is 24.2 Å². The molecule has 0 radical (unpaired) electrons. The molecule has 0 aliphatic carbocycles. The van der Waals surface area contributed by atoms with Crippen LogP contribution in [0.1, 0.15) is 27.4 Å². The maximum Gasteiger partial charge on any atom is 0.335 e. The van der Waals surface area contributed by atoms with Gasteiger partial charge in [0.2, 0.25) is 0 Å². The van der Waals surface area contributed by atoms with Crippen molar-refractivity contribution in [2.75, 3.05) is 18.0 Å². The molecule has 0 aromatic heterocycles. The fourth-order valence-corrected chi connectivity index (χ4v) is 2.69. The first-order chi connectivity index (χ1) is 9.65. The average molecular weight is 267 g/mol. The van der Waals surface area contributed by atoms with Crippen LogP contribution in [0, 0.1) is 6.92 Å². The number of carboxylic acid groups (broad SMARTS) is 1. The molecule has 0 atom stereocenters. The Hall–Kier alpha value is -2.29. The molecule has 102 valence electrons. The molecule has 20 heavy (non-hydrogen) atoms. The number of anilines is 1. The molecule has 2 aromatic carbocycles. The standard InChI is InChI=1S/C17H17NO2/c1-12-7-8-14(17(19)20)9-16(12)18-10-15(11-18)13-5-3-2-4-6-13/h2-9,15H,10-11H2,1H3,(H,19,20). The van der Waals surface area contributed by atoms with Crippen molar-refractivity contribution < 1.29 is 9.90 Å². The van der Waals surface area contributed by atoms with Crippen molar-refractivity contribution >= 4 is 11.7 Å². The van der Waals surface area contributed by atoms with E-state index >= 15 is 0 Å². The summed E-state index contributed by atoms with van der Waals surface area (Å²) in [5.41, 5.74) is 3.88. The monoisotopic (exact) mass is 267 g/mol. The summed E-state index contributed by atoms with van der Waals surface area (Å²) in [6, 6.07) is 15.8. The second-order valence-corrected chi connectivity index (χ2v) is 5.32. The summed E-state index contributed by atoms with van der Waals surface area (Å²) in [5.74, 6) is -0.324. The van der Waals surface area contributed by atoms with Gasteiger partial charge in [0.05, 0.1) is 5.56 Å². The van der Waals surface area contributed by atoms with Gasteiger partial charge in [-0.2, -0.15) is 0 Å². The highest BCUT2D eigenvalue weighted by molar-refractivity contribution is 5.89. The number of carbonyl (C=O) groups is 1. The molecule has 1 aliphatic rings. The predicted octanol–water partition coefficient (Wildman–Crippen LogP) is 3.30. The molecule has 3 heteroatoms. The first-order valence-corrected chi connectivity index (χ1v) is 6.79. The Bertz CT molecular complexity index is 631. The van der Waals surface area contributed by atoms with Gasteiger partial charge in [-0.15, -0.1) is 0 Å². The Kier molecular flexibility index (Phi) is 3.18. The third-order valence-corrected chi connectivity index (χ3v) is 3.95. The second kappa shape index (κ2) is 5.00. The van der Waals surface area contributed by atoms with Crippen molar-refractivity contribution in [1.82, 2.24) is 0 Å². The normalized spacial score (nSPS) is 14.9. The van der Waals surface area contributed by atoms with E-state index in [4.69, 9.17) is 5.11 Å². The molecule has 0 amide bonds. The van der Waals surface area contributed by atoms with Gasteiger partial charge in [-0.3, -0.25) is 0 Å². The molecule has 0 saturated carbocycles. The molecule has 1 saturated heterocycles. The zero-order chi connectivity index (χ0) is 14.1. The highest BCUT2D eigenvalue weighted by Gasteiger charge is 2.29. The number of aryl methyl sites for hydroxylation is 1. The minimum atomic E-state index is -0.869. The summed E-state index contributed by atoms with van der Waals surface area (Å²) in [6.45, 7) is 3.93. The van der Waals surface area contributed by atoms with Crippen molar-refractivity contribution in [3.8, 4) is 0 Å². The minimum absolute atomic E-state index is 0.355. The van der Waals surface area contributed by atoms with Crippen molar-refractivity contribution in [2.24, 2.45) is 0 Å². The number of hydrogen-bond acceptors (Lipinski definition) is 2. The van der Waals surface area contributed by atoms with Gasteiger partial charge in [0, 0.05) is 24.7 Å². The molecule has 2 aromatic rings. The maximum absolute atomic E-state index is 11.1. The lowest BCUT2D eigenvalue weighted by atomic mass is 9.90. The lowest BCUT2D eigenvalue weighted by Gasteiger charge is -2.42. The van der Waals surface area contributed by atoms with Gasteiger partial charge in [0.15, 0.2) is 0 Å². The number of nitrogens with zero attached hydrogens (tertiary/aromatic N) is 1. The highest BCUT2D eigenvalue weighted by Crippen LogP contribution is 2.33. The number of hydrogen-bond donors (Lipinski definition) is 1. The largest absolute Gasteiger partial charge is 0.478 e. The van der Waals surface area contributed by atoms with Gasteiger partial charge < -0.3 is 10.0 Å². The lowest BCUT2D eigenvalue weighted by Crippen LogP contribution is -2.45. The summed E-state index contributed by atoms with van der Waals surface area (Å²) in [6.07, 6.45) is 0. The molecule has 3 rings (SSSR count). The third-order valence-electron chi connectivity index (χ3n) is 3.95. The molecule has 1 fully saturated rings. The van der Waals surface area contributed by atoms with E-state index in [1.165, 1.54) is 5.56 Å². The van der Waals surface area contributed by atoms with Gasteiger partial charge in [-0.05, 0) is 30.2 Å². The van der Waals surface area contributed by atoms with Gasteiger partial charge in [0.1, 0.15) is 0 Å². The molecule has 0 unspecified atom stereocenters. The number of carboxylic acids is 1. The maximum atomic E-state index is 11.1. The number of rotatable bonds is 3. The van der Waals surface area contributed by atoms with Crippen LogP contribution in [0.5, 0.6) is 0 Å². The first-order valence-electron chi connectivity index (χ1n) is 6.79. The zero-order valence-corrected chi connectivity index (χ0v) is 11.4. The topological polar surface area (TPSA) is 40.5 Å². The molecule has 1 N–H and O–H groups in total. The van der Waals surface area contributed by atoms with Crippen LogP contribution in [0.2, 0.25) is 0 Å². The van der Waals surface area contributed by atoms with Crippen molar-refractivity contribution in [3.05, 3.63) is 65.2 Å². The molecule has 1 heterocycles. The van der Waals surface area contributed by atoms with Crippen LogP contribution in [-0.2, 0) is 0 Å². The molecule has 3 nitrogen and oxygen atoms in total. The number of aromatic carboxylic acids is 1. The molecular weight excluding hydrogens is 250 g/mol. The van der Waals surface area contributed by atoms with E-state index in [0.717, 1.165) is 24.3 Å². The fourth-order valence-electron chi connectivity index (χ4n) is 2.69. The fraction of sp³-hybridized carbons (Fsp3) is 0.235. The summed E-state index contributed by atoms with van der Waals surface area (Å²) in [4.78, 5) is 13.3. The highest BCUT2D eigenvalue weighted by atomic mass is 16.4. The Morgan fingerprint density at radius 2 is 1.85 bits per heavy atom. The van der Waals surface area contributed by atoms with Gasteiger partial charge in [-0.1, -0.05) is 36.4 Å². The van der Waals surface area contributed by atoms with Crippen LogP contribution >= 0.6 is 0 Å². The number of benzene rings is 2. The van der Waals surface area contributed by atoms with Crippen molar-refractivity contribution in [2.45, 2.75) is 12.8 Å². The van der Waals surface area contributed by atoms with Crippen LogP contribution in [0.15, 0.2) is 48.5 Å². The van der Waals surface area contributed by atoms with E-state index < -0.39 is 5.97 Å². The smallest absolute Gasteiger partial charge is 0.335 e. The van der Waals surface area contributed by atoms with Crippen LogP contribution in [0.4, 0.5) is 5.69 Å². The Morgan fingerprint density at radius 3 is 2.50 bits per heavy atom. The van der Waals surface area contributed by atoms with E-state index in [2.05, 4.69) is 29.2 Å². The van der Waals surface area contributed by atoms with E-state index in [1.54, 1.807) is 12.1 Å². The lowest BCUT2D eigenvalue weighted by molar-refractivity contribution is 0.0697. The second-order valence-electron chi connectivity index (χ2n) is 5.32. The quantitative estimate of drug-likeness (QED) is 0.927.